The van der Waals surface area contributed by atoms with Crippen molar-refractivity contribution in [2.24, 2.45) is 11.1 Å². The minimum absolute atomic E-state index is 0.543. The van der Waals surface area contributed by atoms with Gasteiger partial charge in [0, 0.05) is 5.92 Å². The Morgan fingerprint density at radius 2 is 2.36 bits per heavy atom. The molecule has 14 heavy (non-hydrogen) atoms. The van der Waals surface area contributed by atoms with Gasteiger partial charge in [-0.2, -0.15) is 0 Å². The molecular weight excluding hydrogens is 174 g/mol. The molecule has 0 saturated heterocycles. The number of aryl methyl sites for hydroxylation is 1. The Bertz CT molecular complexity index is 329. The molecule has 1 aromatic rings. The first kappa shape index (κ1) is 9.25. The fourth-order valence-electron chi connectivity index (χ4n) is 1.23. The molecule has 1 aliphatic rings. The molecule has 1 aliphatic carbocycles. The predicted octanol–water partition coefficient (Wildman–Crippen LogP) is 2.78. The lowest BCUT2D eigenvalue weighted by molar-refractivity contribution is 0.131. The molecule has 2 nitrogen and oxygen atoms in total. The van der Waals surface area contributed by atoms with E-state index in [0.717, 1.165) is 5.56 Å². The Morgan fingerprint density at radius 1 is 1.50 bits per heavy atom. The number of hydrogen-bond acceptors (Lipinski definition) is 2. The summed E-state index contributed by atoms with van der Waals surface area (Å²) in [6, 6.07) is 8.25. The van der Waals surface area contributed by atoms with Gasteiger partial charge in [0.25, 0.3) is 0 Å². The van der Waals surface area contributed by atoms with E-state index in [1.54, 1.807) is 0 Å². The molecular formula is C12H14NO. The van der Waals surface area contributed by atoms with Gasteiger partial charge in [-0.1, -0.05) is 35.0 Å². The summed E-state index contributed by atoms with van der Waals surface area (Å²) < 4.78 is 0. The topological polar surface area (TPSA) is 21.6 Å². The van der Waals surface area contributed by atoms with Crippen molar-refractivity contribution in [1.82, 2.24) is 0 Å². The van der Waals surface area contributed by atoms with Crippen LogP contribution in [0.5, 0.6) is 0 Å². The van der Waals surface area contributed by atoms with Gasteiger partial charge in [0.2, 0.25) is 0 Å². The van der Waals surface area contributed by atoms with Crippen LogP contribution in [-0.2, 0) is 11.4 Å². The highest BCUT2D eigenvalue weighted by atomic mass is 16.6. The average molecular weight is 188 g/mol. The second-order valence-electron chi connectivity index (χ2n) is 3.76. The van der Waals surface area contributed by atoms with Crippen LogP contribution in [0.2, 0.25) is 0 Å². The minimum Gasteiger partial charge on any atom is -0.391 e. The van der Waals surface area contributed by atoms with Crippen LogP contribution in [0.25, 0.3) is 0 Å². The minimum atomic E-state index is 0.543. The molecule has 1 aromatic carbocycles. The monoisotopic (exact) mass is 188 g/mol. The van der Waals surface area contributed by atoms with Gasteiger partial charge in [0.1, 0.15) is 12.8 Å². The van der Waals surface area contributed by atoms with Crippen molar-refractivity contribution in [3.63, 3.8) is 0 Å². The van der Waals surface area contributed by atoms with Crippen molar-refractivity contribution >= 4 is 6.21 Å². The molecule has 0 bridgehead atoms. The fraction of sp³-hybridized carbons (Fsp3) is 0.417. The Labute approximate surface area is 84.6 Å². The normalized spacial score (nSPS) is 16.1. The summed E-state index contributed by atoms with van der Waals surface area (Å²) in [7, 11) is 0. The Morgan fingerprint density at radius 3 is 3.07 bits per heavy atom. The molecule has 0 amide bonds. The maximum absolute atomic E-state index is 5.14. The van der Waals surface area contributed by atoms with Crippen LogP contribution in [0.4, 0.5) is 0 Å². The van der Waals surface area contributed by atoms with E-state index in [0.29, 0.717) is 12.5 Å². The largest absolute Gasteiger partial charge is 0.391 e. The highest BCUT2D eigenvalue weighted by molar-refractivity contribution is 5.62. The van der Waals surface area contributed by atoms with E-state index in [9.17, 15) is 0 Å². The molecule has 0 spiro atoms. The average Bonchev–Trinajstić information content (AvgIpc) is 2.96. The Kier molecular flexibility index (Phi) is 2.82. The third kappa shape index (κ3) is 2.87. The standard InChI is InChI=1S/C12H14NO/c1-10-3-2-4-12(7-10)9-14-13-8-11-5-6-11/h2-4,7,11H,5-6,9H2,1H3. The third-order valence-corrected chi connectivity index (χ3v) is 2.19. The van der Waals surface area contributed by atoms with E-state index >= 15 is 0 Å². The number of rotatable bonds is 4. The molecule has 2 rings (SSSR count). The first-order valence-electron chi connectivity index (χ1n) is 4.97. The summed E-state index contributed by atoms with van der Waals surface area (Å²) >= 11 is 0. The second-order valence-corrected chi connectivity index (χ2v) is 3.76. The fourth-order valence-corrected chi connectivity index (χ4v) is 1.23. The van der Waals surface area contributed by atoms with Crippen LogP contribution in [0.3, 0.4) is 0 Å². The SMILES string of the molecule is Cc1cccc(CO/N=[C]\C2CC2)c1. The van der Waals surface area contributed by atoms with Gasteiger partial charge in [-0.25, -0.2) is 0 Å². The molecule has 0 unspecified atom stereocenters. The molecule has 1 radical (unpaired) electrons. The predicted molar refractivity (Wildman–Crippen MR) is 56.1 cm³/mol. The lowest BCUT2D eigenvalue weighted by Gasteiger charge is -2.00. The van der Waals surface area contributed by atoms with Crippen molar-refractivity contribution in [2.75, 3.05) is 0 Å². The smallest absolute Gasteiger partial charge is 0.142 e. The molecule has 73 valence electrons. The highest BCUT2D eigenvalue weighted by Gasteiger charge is 2.19. The van der Waals surface area contributed by atoms with E-state index < -0.39 is 0 Å². The van der Waals surface area contributed by atoms with Crippen molar-refractivity contribution in [1.29, 1.82) is 0 Å². The Balaban J connectivity index is 1.79. The summed E-state index contributed by atoms with van der Waals surface area (Å²) in [5.74, 6) is 0.563. The molecule has 0 aromatic heterocycles. The van der Waals surface area contributed by atoms with Crippen molar-refractivity contribution in [3.8, 4) is 0 Å². The van der Waals surface area contributed by atoms with Gasteiger partial charge in [0.05, 0.1) is 0 Å². The highest BCUT2D eigenvalue weighted by Crippen LogP contribution is 2.26. The molecule has 0 heterocycles. The van der Waals surface area contributed by atoms with Crippen molar-refractivity contribution in [2.45, 2.75) is 26.4 Å². The van der Waals surface area contributed by atoms with Gasteiger partial charge < -0.3 is 4.84 Å². The second kappa shape index (κ2) is 4.27. The first-order valence-corrected chi connectivity index (χ1v) is 4.97. The zero-order chi connectivity index (χ0) is 9.80. The van der Waals surface area contributed by atoms with E-state index in [1.807, 2.05) is 12.1 Å². The summed E-state index contributed by atoms with van der Waals surface area (Å²) in [4.78, 5) is 5.14. The van der Waals surface area contributed by atoms with E-state index in [4.69, 9.17) is 4.84 Å². The molecule has 0 atom stereocenters. The third-order valence-electron chi connectivity index (χ3n) is 2.19. The summed E-state index contributed by atoms with van der Waals surface area (Å²) in [5.41, 5.74) is 2.41. The van der Waals surface area contributed by atoms with Crippen LogP contribution >= 0.6 is 0 Å². The van der Waals surface area contributed by atoms with Crippen molar-refractivity contribution in [3.05, 3.63) is 35.4 Å². The molecule has 0 N–H and O–H groups in total. The van der Waals surface area contributed by atoms with Crippen LogP contribution in [-0.4, -0.2) is 6.21 Å². The maximum Gasteiger partial charge on any atom is 0.142 e. The van der Waals surface area contributed by atoms with Crippen LogP contribution in [0.1, 0.15) is 24.0 Å². The lowest BCUT2D eigenvalue weighted by atomic mass is 10.1. The van der Waals surface area contributed by atoms with Gasteiger partial charge >= 0.3 is 0 Å². The number of hydrogen-bond donors (Lipinski definition) is 0. The first-order chi connectivity index (χ1) is 6.84. The Hall–Kier alpha value is -1.31. The van der Waals surface area contributed by atoms with E-state index in [1.165, 1.54) is 18.4 Å². The zero-order valence-electron chi connectivity index (χ0n) is 8.36. The van der Waals surface area contributed by atoms with Crippen LogP contribution < -0.4 is 0 Å². The molecule has 1 saturated carbocycles. The van der Waals surface area contributed by atoms with Crippen LogP contribution in [0.15, 0.2) is 29.4 Å². The lowest BCUT2D eigenvalue weighted by Crippen LogP contribution is -1.88. The van der Waals surface area contributed by atoms with Crippen molar-refractivity contribution < 1.29 is 4.84 Å². The van der Waals surface area contributed by atoms with Gasteiger partial charge in [0.15, 0.2) is 0 Å². The molecule has 0 aliphatic heterocycles. The van der Waals surface area contributed by atoms with E-state index in [-0.39, 0.29) is 0 Å². The summed E-state index contributed by atoms with van der Waals surface area (Å²) in [6.45, 7) is 2.62. The maximum atomic E-state index is 5.14. The number of nitrogens with zero attached hydrogens (tertiary/aromatic N) is 1. The van der Waals surface area contributed by atoms with Gasteiger partial charge in [-0.3, -0.25) is 0 Å². The van der Waals surface area contributed by atoms with Gasteiger partial charge in [-0.05, 0) is 25.3 Å². The summed E-state index contributed by atoms with van der Waals surface area (Å²) in [6.07, 6.45) is 5.38. The molecule has 1 fully saturated rings. The quantitative estimate of drug-likeness (QED) is 0.526. The van der Waals surface area contributed by atoms with Crippen LogP contribution in [0, 0.1) is 12.8 Å². The van der Waals surface area contributed by atoms with Gasteiger partial charge in [-0.15, -0.1) is 0 Å². The number of benzene rings is 1. The van der Waals surface area contributed by atoms with E-state index in [2.05, 4.69) is 30.4 Å². The molecule has 2 heteroatoms. The zero-order valence-corrected chi connectivity index (χ0v) is 8.36. The summed E-state index contributed by atoms with van der Waals surface area (Å²) in [5, 5.41) is 3.81.